The van der Waals surface area contributed by atoms with Crippen molar-refractivity contribution in [1.82, 2.24) is 0 Å². The molecule has 27 heavy (non-hydrogen) atoms. The van der Waals surface area contributed by atoms with E-state index in [0.717, 1.165) is 36.8 Å². The van der Waals surface area contributed by atoms with E-state index in [-0.39, 0.29) is 22.6 Å². The van der Waals surface area contributed by atoms with Gasteiger partial charge in [-0.2, -0.15) is 0 Å². The number of carbonyl (C=O) groups is 2. The van der Waals surface area contributed by atoms with E-state index in [1.54, 1.807) is 6.92 Å². The molecule has 0 bridgehead atoms. The van der Waals surface area contributed by atoms with E-state index in [1.807, 2.05) is 12.1 Å². The van der Waals surface area contributed by atoms with Gasteiger partial charge in [0.2, 0.25) is 0 Å². The summed E-state index contributed by atoms with van der Waals surface area (Å²) < 4.78 is 0. The van der Waals surface area contributed by atoms with Crippen molar-refractivity contribution in [3.8, 4) is 5.75 Å². The molecule has 0 unspecified atom stereocenters. The van der Waals surface area contributed by atoms with Crippen LogP contribution in [0.25, 0.3) is 0 Å². The Balaban J connectivity index is 2.72. The van der Waals surface area contributed by atoms with Crippen LogP contribution in [0.1, 0.15) is 85.3 Å². The van der Waals surface area contributed by atoms with Crippen molar-refractivity contribution >= 4 is 17.5 Å². The number of aromatic hydroxyl groups is 1. The van der Waals surface area contributed by atoms with Crippen LogP contribution >= 0.6 is 0 Å². The number of hydrogen-bond acceptors (Lipinski definition) is 3. The molecule has 2 rings (SSSR count). The predicted octanol–water partition coefficient (Wildman–Crippen LogP) is 5.37. The van der Waals surface area contributed by atoms with Crippen LogP contribution in [0.15, 0.2) is 23.8 Å². The largest absolute Gasteiger partial charge is 0.507 e. The van der Waals surface area contributed by atoms with Gasteiger partial charge in [0.25, 0.3) is 11.8 Å². The van der Waals surface area contributed by atoms with Crippen LogP contribution in [0.2, 0.25) is 0 Å². The Morgan fingerprint density at radius 3 is 1.70 bits per heavy atom. The molecule has 1 aromatic carbocycles. The minimum absolute atomic E-state index is 0.264. The first kappa shape index (κ1) is 21.2. The Kier molecular flexibility index (Phi) is 5.88. The zero-order valence-electron chi connectivity index (χ0n) is 17.8. The Labute approximate surface area is 163 Å². The molecule has 1 heterocycles. The lowest BCUT2D eigenvalue weighted by atomic mass is 9.74. The van der Waals surface area contributed by atoms with Crippen molar-refractivity contribution in [3.05, 3.63) is 34.9 Å². The summed E-state index contributed by atoms with van der Waals surface area (Å²) in [5.74, 6) is -0.315. The lowest BCUT2D eigenvalue weighted by Crippen LogP contribution is -2.32. The van der Waals surface area contributed by atoms with Gasteiger partial charge in [0.15, 0.2) is 0 Å². The zero-order valence-corrected chi connectivity index (χ0v) is 17.8. The number of amides is 2. The average molecular weight is 372 g/mol. The van der Waals surface area contributed by atoms with Gasteiger partial charge in [-0.15, -0.1) is 0 Å². The predicted molar refractivity (Wildman–Crippen MR) is 110 cm³/mol. The summed E-state index contributed by atoms with van der Waals surface area (Å²) >= 11 is 0. The number of benzene rings is 1. The molecule has 2 amide bonds. The monoisotopic (exact) mass is 371 g/mol. The number of rotatable bonds is 7. The standard InChI is InChI=1S/C23H33NO3/c1-8-10-22(4,5)17-13-16(24-19(25)12-15(3)21(24)27)14-18(20(17)26)23(6,7)11-9-2/h12-14,26H,8-11H2,1-7H3. The minimum Gasteiger partial charge on any atom is -0.507 e. The normalized spacial score (nSPS) is 15.5. The Hall–Kier alpha value is -2.10. The number of hydrogen-bond donors (Lipinski definition) is 1. The van der Waals surface area contributed by atoms with Crippen molar-refractivity contribution in [3.63, 3.8) is 0 Å². The third-order valence-corrected chi connectivity index (χ3v) is 5.66. The third-order valence-electron chi connectivity index (χ3n) is 5.66. The zero-order chi connectivity index (χ0) is 20.6. The van der Waals surface area contributed by atoms with Gasteiger partial charge in [0, 0.05) is 22.8 Å². The lowest BCUT2D eigenvalue weighted by Gasteiger charge is -2.33. The van der Waals surface area contributed by atoms with E-state index < -0.39 is 0 Å². The van der Waals surface area contributed by atoms with Gasteiger partial charge < -0.3 is 5.11 Å². The summed E-state index contributed by atoms with van der Waals surface area (Å²) in [7, 11) is 0. The highest BCUT2D eigenvalue weighted by atomic mass is 16.3. The SMILES string of the molecule is CCCC(C)(C)c1cc(N2C(=O)C=C(C)C2=O)cc(C(C)(C)CCC)c1O. The van der Waals surface area contributed by atoms with Gasteiger partial charge in [0.1, 0.15) is 5.75 Å². The Morgan fingerprint density at radius 1 is 0.926 bits per heavy atom. The molecule has 0 radical (unpaired) electrons. The molecule has 4 nitrogen and oxygen atoms in total. The number of phenols is 1. The maximum Gasteiger partial charge on any atom is 0.261 e. The first-order chi connectivity index (χ1) is 12.5. The Bertz CT molecular complexity index is 748. The second-order valence-electron chi connectivity index (χ2n) is 8.96. The van der Waals surface area contributed by atoms with E-state index in [1.165, 1.54) is 11.0 Å². The van der Waals surface area contributed by atoms with Crippen LogP contribution in [-0.4, -0.2) is 16.9 Å². The molecule has 1 aliphatic rings. The molecule has 0 atom stereocenters. The van der Waals surface area contributed by atoms with Gasteiger partial charge in [-0.25, -0.2) is 4.90 Å². The van der Waals surface area contributed by atoms with Crippen LogP contribution in [0.4, 0.5) is 5.69 Å². The number of phenolic OH excluding ortho intramolecular Hbond substituents is 1. The lowest BCUT2D eigenvalue weighted by molar-refractivity contribution is -0.120. The van der Waals surface area contributed by atoms with Gasteiger partial charge in [-0.1, -0.05) is 54.4 Å². The number of nitrogens with zero attached hydrogens (tertiary/aromatic N) is 1. The molecule has 0 saturated carbocycles. The quantitative estimate of drug-likeness (QED) is 0.656. The molecule has 0 fully saturated rings. The summed E-state index contributed by atoms with van der Waals surface area (Å²) in [6, 6.07) is 3.64. The van der Waals surface area contributed by atoms with Gasteiger partial charge in [-0.05, 0) is 42.7 Å². The fraction of sp³-hybridized carbons (Fsp3) is 0.565. The second kappa shape index (κ2) is 7.49. The van der Waals surface area contributed by atoms with E-state index in [9.17, 15) is 14.7 Å². The summed E-state index contributed by atoms with van der Waals surface area (Å²) in [5.41, 5.74) is 2.06. The van der Waals surface area contributed by atoms with Crippen molar-refractivity contribution < 1.29 is 14.7 Å². The molecule has 4 heteroatoms. The van der Waals surface area contributed by atoms with Crippen molar-refractivity contribution in [2.75, 3.05) is 4.90 Å². The fourth-order valence-corrected chi connectivity index (χ4v) is 4.13. The van der Waals surface area contributed by atoms with Crippen LogP contribution in [-0.2, 0) is 20.4 Å². The molecule has 0 saturated heterocycles. The van der Waals surface area contributed by atoms with E-state index >= 15 is 0 Å². The molecule has 148 valence electrons. The van der Waals surface area contributed by atoms with Gasteiger partial charge in [-0.3, -0.25) is 9.59 Å². The number of carbonyl (C=O) groups excluding carboxylic acids is 2. The van der Waals surface area contributed by atoms with Gasteiger partial charge >= 0.3 is 0 Å². The van der Waals surface area contributed by atoms with Crippen molar-refractivity contribution in [1.29, 1.82) is 0 Å². The Morgan fingerprint density at radius 2 is 1.37 bits per heavy atom. The van der Waals surface area contributed by atoms with Crippen LogP contribution in [0.3, 0.4) is 0 Å². The first-order valence-corrected chi connectivity index (χ1v) is 9.91. The van der Waals surface area contributed by atoms with E-state index in [4.69, 9.17) is 0 Å². The molecule has 1 N–H and O–H groups in total. The van der Waals surface area contributed by atoms with E-state index in [2.05, 4.69) is 41.5 Å². The molecular formula is C23H33NO3. The molecule has 1 aromatic rings. The highest BCUT2D eigenvalue weighted by molar-refractivity contribution is 6.30. The molecule has 0 aromatic heterocycles. The molecule has 0 spiro atoms. The minimum atomic E-state index is -0.318. The maximum atomic E-state index is 12.5. The summed E-state index contributed by atoms with van der Waals surface area (Å²) in [4.78, 5) is 26.2. The highest BCUT2D eigenvalue weighted by Crippen LogP contribution is 2.45. The van der Waals surface area contributed by atoms with E-state index in [0.29, 0.717) is 17.0 Å². The van der Waals surface area contributed by atoms with Gasteiger partial charge in [0.05, 0.1) is 5.69 Å². The summed E-state index contributed by atoms with van der Waals surface area (Å²) in [6.45, 7) is 14.3. The smallest absolute Gasteiger partial charge is 0.261 e. The molecular weight excluding hydrogens is 338 g/mol. The summed E-state index contributed by atoms with van der Waals surface area (Å²) in [5, 5.41) is 11.2. The van der Waals surface area contributed by atoms with Crippen LogP contribution in [0.5, 0.6) is 5.75 Å². The third kappa shape index (κ3) is 3.95. The molecule has 0 aliphatic carbocycles. The average Bonchev–Trinajstić information content (AvgIpc) is 2.80. The molecule has 1 aliphatic heterocycles. The van der Waals surface area contributed by atoms with Crippen LogP contribution < -0.4 is 4.90 Å². The first-order valence-electron chi connectivity index (χ1n) is 9.91. The second-order valence-corrected chi connectivity index (χ2v) is 8.96. The topological polar surface area (TPSA) is 57.6 Å². The van der Waals surface area contributed by atoms with Crippen molar-refractivity contribution in [2.24, 2.45) is 0 Å². The fourth-order valence-electron chi connectivity index (χ4n) is 4.13. The maximum absolute atomic E-state index is 12.5. The summed E-state index contributed by atoms with van der Waals surface area (Å²) in [6.07, 6.45) is 5.13. The van der Waals surface area contributed by atoms with Crippen molar-refractivity contribution in [2.45, 2.75) is 85.0 Å². The van der Waals surface area contributed by atoms with Crippen LogP contribution in [0, 0.1) is 0 Å². The number of imide groups is 1. The highest BCUT2D eigenvalue weighted by Gasteiger charge is 2.35. The number of anilines is 1.